The van der Waals surface area contributed by atoms with E-state index in [-0.39, 0.29) is 12.2 Å². The van der Waals surface area contributed by atoms with Gasteiger partial charge in [0.2, 0.25) is 0 Å². The Morgan fingerprint density at radius 3 is 2.81 bits per heavy atom. The summed E-state index contributed by atoms with van der Waals surface area (Å²) in [5.41, 5.74) is 0.977. The molecule has 0 unspecified atom stereocenters. The van der Waals surface area contributed by atoms with Crippen molar-refractivity contribution in [2.75, 3.05) is 6.61 Å². The van der Waals surface area contributed by atoms with E-state index < -0.39 is 5.97 Å². The highest BCUT2D eigenvalue weighted by Gasteiger charge is 2.05. The van der Waals surface area contributed by atoms with Gasteiger partial charge in [0.05, 0.1) is 6.61 Å². The standard InChI is InChI=1S/C12H15NO3/c1-10(14)9-12(15)16-8-4-6-11-5-2-3-7-13-11/h2-3,5,7H,4,6,8-9H2,1H3. The number of aryl methyl sites for hydroxylation is 1. The van der Waals surface area contributed by atoms with Gasteiger partial charge in [-0.1, -0.05) is 6.07 Å². The summed E-state index contributed by atoms with van der Waals surface area (Å²) in [4.78, 5) is 25.8. The fraction of sp³-hybridized carbons (Fsp3) is 0.417. The summed E-state index contributed by atoms with van der Waals surface area (Å²) >= 11 is 0. The van der Waals surface area contributed by atoms with Crippen LogP contribution in [0.4, 0.5) is 0 Å². The van der Waals surface area contributed by atoms with Gasteiger partial charge in [-0.15, -0.1) is 0 Å². The zero-order valence-electron chi connectivity index (χ0n) is 9.31. The second-order valence-corrected chi connectivity index (χ2v) is 3.52. The molecule has 1 aromatic rings. The van der Waals surface area contributed by atoms with E-state index >= 15 is 0 Å². The van der Waals surface area contributed by atoms with E-state index in [0.717, 1.165) is 18.5 Å². The zero-order chi connectivity index (χ0) is 11.8. The normalized spacial score (nSPS) is 9.81. The van der Waals surface area contributed by atoms with Gasteiger partial charge in [0.15, 0.2) is 0 Å². The Labute approximate surface area is 94.6 Å². The lowest BCUT2D eigenvalue weighted by atomic mass is 10.2. The molecule has 1 aromatic heterocycles. The number of ether oxygens (including phenoxy) is 1. The second-order valence-electron chi connectivity index (χ2n) is 3.52. The third-order valence-corrected chi connectivity index (χ3v) is 1.96. The van der Waals surface area contributed by atoms with Crippen molar-refractivity contribution in [3.8, 4) is 0 Å². The van der Waals surface area contributed by atoms with Gasteiger partial charge in [-0.25, -0.2) is 0 Å². The van der Waals surface area contributed by atoms with Crippen molar-refractivity contribution in [3.63, 3.8) is 0 Å². The second kappa shape index (κ2) is 6.71. The molecular weight excluding hydrogens is 206 g/mol. The molecule has 86 valence electrons. The average Bonchev–Trinajstić information content (AvgIpc) is 2.25. The molecule has 0 spiro atoms. The molecule has 0 amide bonds. The van der Waals surface area contributed by atoms with Gasteiger partial charge in [0, 0.05) is 11.9 Å². The van der Waals surface area contributed by atoms with Crippen LogP contribution < -0.4 is 0 Å². The first-order valence-corrected chi connectivity index (χ1v) is 5.23. The largest absolute Gasteiger partial charge is 0.465 e. The van der Waals surface area contributed by atoms with E-state index in [1.165, 1.54) is 6.92 Å². The van der Waals surface area contributed by atoms with E-state index in [4.69, 9.17) is 4.74 Å². The highest BCUT2D eigenvalue weighted by Crippen LogP contribution is 1.99. The van der Waals surface area contributed by atoms with Crippen molar-refractivity contribution in [1.29, 1.82) is 0 Å². The van der Waals surface area contributed by atoms with E-state index in [2.05, 4.69) is 4.98 Å². The molecule has 4 heteroatoms. The van der Waals surface area contributed by atoms with E-state index in [9.17, 15) is 9.59 Å². The van der Waals surface area contributed by atoms with Crippen LogP contribution in [-0.2, 0) is 20.7 Å². The van der Waals surface area contributed by atoms with E-state index in [1.807, 2.05) is 18.2 Å². The van der Waals surface area contributed by atoms with Gasteiger partial charge in [-0.3, -0.25) is 14.6 Å². The van der Waals surface area contributed by atoms with Crippen molar-refractivity contribution >= 4 is 11.8 Å². The number of nitrogens with zero attached hydrogens (tertiary/aromatic N) is 1. The number of carbonyl (C=O) groups is 2. The Kier molecular flexibility index (Phi) is 5.19. The van der Waals surface area contributed by atoms with Crippen LogP contribution in [0.15, 0.2) is 24.4 Å². The van der Waals surface area contributed by atoms with Gasteiger partial charge in [-0.05, 0) is 31.9 Å². The van der Waals surface area contributed by atoms with Crippen LogP contribution in [0.3, 0.4) is 0 Å². The fourth-order valence-electron chi connectivity index (χ4n) is 1.24. The van der Waals surface area contributed by atoms with Crippen molar-refractivity contribution in [2.45, 2.75) is 26.2 Å². The third kappa shape index (κ3) is 5.24. The van der Waals surface area contributed by atoms with Gasteiger partial charge in [0.25, 0.3) is 0 Å². The SMILES string of the molecule is CC(=O)CC(=O)OCCCc1ccccn1. The Morgan fingerprint density at radius 1 is 1.38 bits per heavy atom. The number of esters is 1. The van der Waals surface area contributed by atoms with Crippen LogP contribution >= 0.6 is 0 Å². The molecule has 0 aromatic carbocycles. The van der Waals surface area contributed by atoms with Crippen LogP contribution in [0.1, 0.15) is 25.5 Å². The molecule has 0 radical (unpaired) electrons. The monoisotopic (exact) mass is 221 g/mol. The Balaban J connectivity index is 2.13. The van der Waals surface area contributed by atoms with Gasteiger partial charge >= 0.3 is 5.97 Å². The predicted molar refractivity (Wildman–Crippen MR) is 58.8 cm³/mol. The molecule has 0 aliphatic carbocycles. The van der Waals surface area contributed by atoms with Gasteiger partial charge < -0.3 is 4.74 Å². The van der Waals surface area contributed by atoms with E-state index in [1.54, 1.807) is 6.20 Å². The van der Waals surface area contributed by atoms with Crippen molar-refractivity contribution in [1.82, 2.24) is 4.98 Å². The summed E-state index contributed by atoms with van der Waals surface area (Å²) in [6.07, 6.45) is 3.09. The number of carbonyl (C=O) groups excluding carboxylic acids is 2. The maximum absolute atomic E-state index is 11.0. The van der Waals surface area contributed by atoms with Gasteiger partial charge in [0.1, 0.15) is 12.2 Å². The lowest BCUT2D eigenvalue weighted by molar-refractivity contribution is -0.145. The topological polar surface area (TPSA) is 56.3 Å². The summed E-state index contributed by atoms with van der Waals surface area (Å²) in [5, 5.41) is 0. The number of hydrogen-bond donors (Lipinski definition) is 0. The lowest BCUT2D eigenvalue weighted by Crippen LogP contribution is -2.10. The highest BCUT2D eigenvalue weighted by molar-refractivity contribution is 5.94. The number of hydrogen-bond acceptors (Lipinski definition) is 4. The number of aromatic nitrogens is 1. The number of ketones is 1. The summed E-state index contributed by atoms with van der Waals surface area (Å²) in [6.45, 7) is 1.71. The molecule has 0 bridgehead atoms. The van der Waals surface area contributed by atoms with Crippen molar-refractivity contribution < 1.29 is 14.3 Å². The summed E-state index contributed by atoms with van der Waals surface area (Å²) in [7, 11) is 0. The maximum atomic E-state index is 11.0. The molecule has 0 aliphatic heterocycles. The maximum Gasteiger partial charge on any atom is 0.313 e. The molecule has 4 nitrogen and oxygen atoms in total. The minimum Gasteiger partial charge on any atom is -0.465 e. The minimum atomic E-state index is -0.450. The van der Waals surface area contributed by atoms with Crippen LogP contribution in [-0.4, -0.2) is 23.3 Å². The Morgan fingerprint density at radius 2 is 2.19 bits per heavy atom. The Hall–Kier alpha value is -1.71. The quantitative estimate of drug-likeness (QED) is 0.415. The summed E-state index contributed by atoms with van der Waals surface area (Å²) in [5.74, 6) is -0.622. The molecule has 16 heavy (non-hydrogen) atoms. The van der Waals surface area contributed by atoms with Crippen LogP contribution in [0, 0.1) is 0 Å². The first-order valence-electron chi connectivity index (χ1n) is 5.23. The molecule has 1 rings (SSSR count). The predicted octanol–water partition coefficient (Wildman–Crippen LogP) is 1.54. The first kappa shape index (κ1) is 12.4. The van der Waals surface area contributed by atoms with E-state index in [0.29, 0.717) is 6.61 Å². The third-order valence-electron chi connectivity index (χ3n) is 1.96. The van der Waals surface area contributed by atoms with Gasteiger partial charge in [-0.2, -0.15) is 0 Å². The average molecular weight is 221 g/mol. The zero-order valence-corrected chi connectivity index (χ0v) is 9.31. The summed E-state index contributed by atoms with van der Waals surface area (Å²) in [6, 6.07) is 5.71. The molecular formula is C12H15NO3. The lowest BCUT2D eigenvalue weighted by Gasteiger charge is -2.03. The molecule has 0 fully saturated rings. The first-order chi connectivity index (χ1) is 7.68. The van der Waals surface area contributed by atoms with Crippen LogP contribution in [0.25, 0.3) is 0 Å². The molecule has 0 N–H and O–H groups in total. The van der Waals surface area contributed by atoms with Crippen molar-refractivity contribution in [2.24, 2.45) is 0 Å². The van der Waals surface area contributed by atoms with Crippen molar-refractivity contribution in [3.05, 3.63) is 30.1 Å². The van der Waals surface area contributed by atoms with Crippen LogP contribution in [0.2, 0.25) is 0 Å². The molecule has 0 aliphatic rings. The summed E-state index contributed by atoms with van der Waals surface area (Å²) < 4.78 is 4.89. The molecule has 0 saturated carbocycles. The fourth-order valence-corrected chi connectivity index (χ4v) is 1.24. The smallest absolute Gasteiger partial charge is 0.313 e. The Bertz CT molecular complexity index is 349. The number of pyridine rings is 1. The molecule has 0 saturated heterocycles. The molecule has 1 heterocycles. The minimum absolute atomic E-state index is 0.135. The number of rotatable bonds is 6. The highest BCUT2D eigenvalue weighted by atomic mass is 16.5. The molecule has 0 atom stereocenters. The van der Waals surface area contributed by atoms with Crippen LogP contribution in [0.5, 0.6) is 0 Å². The number of Topliss-reactive ketones (excluding diaryl/α,β-unsaturated/α-hetero) is 1.